The summed E-state index contributed by atoms with van der Waals surface area (Å²) in [5.41, 5.74) is 2.85. The van der Waals surface area contributed by atoms with E-state index < -0.39 is 0 Å². The molecule has 0 aliphatic carbocycles. The first-order valence-electron chi connectivity index (χ1n) is 10.4. The van der Waals surface area contributed by atoms with Gasteiger partial charge in [-0.1, -0.05) is 35.9 Å². The van der Waals surface area contributed by atoms with Gasteiger partial charge in [0, 0.05) is 19.5 Å². The van der Waals surface area contributed by atoms with Crippen LogP contribution in [0.5, 0.6) is 11.5 Å². The molecule has 0 radical (unpaired) electrons. The maximum atomic E-state index is 12.6. The van der Waals surface area contributed by atoms with E-state index in [1.54, 1.807) is 23.1 Å². The number of benzene rings is 2. The van der Waals surface area contributed by atoms with Gasteiger partial charge in [0.05, 0.1) is 20.3 Å². The fourth-order valence-corrected chi connectivity index (χ4v) is 3.28. The average Bonchev–Trinajstić information content (AvgIpc) is 2.83. The molecule has 2 aromatic carbocycles. The number of esters is 1. The van der Waals surface area contributed by atoms with E-state index in [2.05, 4.69) is 0 Å². The molecule has 0 saturated carbocycles. The Morgan fingerprint density at radius 3 is 2.50 bits per heavy atom. The van der Waals surface area contributed by atoms with Crippen molar-refractivity contribution < 1.29 is 23.8 Å². The molecule has 7 heteroatoms. The maximum Gasteiger partial charge on any atom is 0.311 e. The molecule has 1 amide bonds. The van der Waals surface area contributed by atoms with Crippen molar-refractivity contribution in [3.05, 3.63) is 64.7 Å². The fraction of sp³-hybridized carbons (Fsp3) is 0.320. The number of ether oxygens (including phenoxy) is 3. The molecular weight excluding hydrogens is 408 g/mol. The highest BCUT2D eigenvalue weighted by atomic mass is 16.6. The van der Waals surface area contributed by atoms with Gasteiger partial charge in [-0.3, -0.25) is 9.59 Å². The third kappa shape index (κ3) is 6.19. The lowest BCUT2D eigenvalue weighted by atomic mass is 10.1. The monoisotopic (exact) mass is 434 g/mol. The van der Waals surface area contributed by atoms with Crippen molar-refractivity contribution in [2.24, 2.45) is 0 Å². The van der Waals surface area contributed by atoms with Crippen LogP contribution in [0, 0.1) is 18.3 Å². The van der Waals surface area contributed by atoms with E-state index in [1.165, 1.54) is 18.7 Å². The summed E-state index contributed by atoms with van der Waals surface area (Å²) >= 11 is 0. The molecule has 1 saturated heterocycles. The number of nitrogens with zero attached hydrogens (tertiary/aromatic N) is 2. The molecule has 0 bridgehead atoms. The summed E-state index contributed by atoms with van der Waals surface area (Å²) in [6, 6.07) is 14.9. The van der Waals surface area contributed by atoms with Gasteiger partial charge in [0.1, 0.15) is 11.6 Å². The molecule has 1 aliphatic rings. The summed E-state index contributed by atoms with van der Waals surface area (Å²) < 4.78 is 16.1. The standard InChI is InChI=1S/C25H26N2O5/c1-18-3-5-19(6-4-18)8-10-24(28)32-22-9-7-20(16-23(22)30-2)15-21(17-26)25(29)27-11-13-31-14-12-27/h3-7,9,15-16H,8,10-14H2,1-2H3/b21-15+. The molecule has 1 heterocycles. The van der Waals surface area contributed by atoms with Crippen molar-refractivity contribution in [1.29, 1.82) is 5.26 Å². The molecule has 0 atom stereocenters. The second-order valence-electron chi connectivity index (χ2n) is 7.44. The lowest BCUT2D eigenvalue weighted by molar-refractivity contribution is -0.134. The number of carbonyl (C=O) groups is 2. The van der Waals surface area contributed by atoms with Crippen molar-refractivity contribution in [2.75, 3.05) is 33.4 Å². The van der Waals surface area contributed by atoms with E-state index >= 15 is 0 Å². The topological polar surface area (TPSA) is 88.9 Å². The number of morpholine rings is 1. The van der Waals surface area contributed by atoms with E-state index in [4.69, 9.17) is 14.2 Å². The molecule has 32 heavy (non-hydrogen) atoms. The van der Waals surface area contributed by atoms with Gasteiger partial charge in [-0.25, -0.2) is 0 Å². The van der Waals surface area contributed by atoms with Gasteiger partial charge >= 0.3 is 5.97 Å². The Hall–Kier alpha value is -3.63. The molecule has 1 fully saturated rings. The van der Waals surface area contributed by atoms with Gasteiger partial charge in [-0.15, -0.1) is 0 Å². The van der Waals surface area contributed by atoms with Crippen LogP contribution in [0.2, 0.25) is 0 Å². The summed E-state index contributed by atoms with van der Waals surface area (Å²) in [5.74, 6) is -0.0659. The number of aryl methyl sites for hydroxylation is 2. The lowest BCUT2D eigenvalue weighted by Crippen LogP contribution is -2.41. The highest BCUT2D eigenvalue weighted by Crippen LogP contribution is 2.29. The predicted octanol–water partition coefficient (Wildman–Crippen LogP) is 3.31. The molecule has 0 unspecified atom stereocenters. The molecule has 1 aliphatic heterocycles. The highest BCUT2D eigenvalue weighted by molar-refractivity contribution is 6.01. The van der Waals surface area contributed by atoms with Crippen LogP contribution in [0.3, 0.4) is 0 Å². The molecule has 0 spiro atoms. The van der Waals surface area contributed by atoms with Crippen LogP contribution in [-0.4, -0.2) is 50.2 Å². The normalized spacial score (nSPS) is 13.9. The smallest absolute Gasteiger partial charge is 0.311 e. The zero-order valence-electron chi connectivity index (χ0n) is 18.3. The van der Waals surface area contributed by atoms with E-state index in [0.717, 1.165) is 5.56 Å². The summed E-state index contributed by atoms with van der Waals surface area (Å²) in [4.78, 5) is 26.5. The van der Waals surface area contributed by atoms with Crippen molar-refractivity contribution >= 4 is 18.0 Å². The summed E-state index contributed by atoms with van der Waals surface area (Å²) in [5, 5.41) is 9.46. The first-order valence-corrected chi connectivity index (χ1v) is 10.4. The third-order valence-electron chi connectivity index (χ3n) is 5.11. The molecule has 7 nitrogen and oxygen atoms in total. The minimum absolute atomic E-state index is 0.0248. The molecule has 166 valence electrons. The minimum Gasteiger partial charge on any atom is -0.493 e. The Kier molecular flexibility index (Phi) is 8.01. The molecular formula is C25H26N2O5. The lowest BCUT2D eigenvalue weighted by Gasteiger charge is -2.26. The number of amides is 1. The van der Waals surface area contributed by atoms with Gasteiger partial charge in [0.2, 0.25) is 0 Å². The number of methoxy groups -OCH3 is 1. The zero-order valence-corrected chi connectivity index (χ0v) is 18.3. The zero-order chi connectivity index (χ0) is 22.9. The van der Waals surface area contributed by atoms with Gasteiger partial charge in [-0.05, 0) is 42.7 Å². The predicted molar refractivity (Wildman–Crippen MR) is 119 cm³/mol. The van der Waals surface area contributed by atoms with Crippen LogP contribution in [0.25, 0.3) is 6.08 Å². The van der Waals surface area contributed by atoms with Crippen molar-refractivity contribution in [1.82, 2.24) is 4.90 Å². The number of rotatable bonds is 7. The molecule has 0 aromatic heterocycles. The molecule has 0 N–H and O–H groups in total. The van der Waals surface area contributed by atoms with E-state index in [-0.39, 0.29) is 29.6 Å². The van der Waals surface area contributed by atoms with Crippen LogP contribution >= 0.6 is 0 Å². The van der Waals surface area contributed by atoms with E-state index in [9.17, 15) is 14.9 Å². The van der Waals surface area contributed by atoms with Crippen LogP contribution in [0.4, 0.5) is 0 Å². The largest absolute Gasteiger partial charge is 0.493 e. The van der Waals surface area contributed by atoms with Crippen molar-refractivity contribution in [2.45, 2.75) is 19.8 Å². The average molecular weight is 434 g/mol. The summed E-state index contributed by atoms with van der Waals surface area (Å²) in [7, 11) is 1.47. The Labute approximate surface area is 187 Å². The second-order valence-corrected chi connectivity index (χ2v) is 7.44. The Balaban J connectivity index is 1.67. The quantitative estimate of drug-likeness (QED) is 0.288. The van der Waals surface area contributed by atoms with Crippen LogP contribution < -0.4 is 9.47 Å². The van der Waals surface area contributed by atoms with Crippen LogP contribution in [0.1, 0.15) is 23.1 Å². The van der Waals surface area contributed by atoms with Gasteiger partial charge < -0.3 is 19.1 Å². The number of hydrogen-bond donors (Lipinski definition) is 0. The van der Waals surface area contributed by atoms with Crippen molar-refractivity contribution in [3.63, 3.8) is 0 Å². The summed E-state index contributed by atoms with van der Waals surface area (Å²) in [6.45, 7) is 3.85. The number of nitriles is 1. The third-order valence-corrected chi connectivity index (χ3v) is 5.11. The van der Waals surface area contributed by atoms with Gasteiger partial charge in [-0.2, -0.15) is 5.26 Å². The summed E-state index contributed by atoms with van der Waals surface area (Å²) in [6.07, 6.45) is 2.32. The SMILES string of the molecule is COc1cc(/C=C(\C#N)C(=O)N2CCOCC2)ccc1OC(=O)CCc1ccc(C)cc1. The molecule has 3 rings (SSSR count). The first kappa shape index (κ1) is 23.0. The Bertz CT molecular complexity index is 1030. The minimum atomic E-state index is -0.368. The van der Waals surface area contributed by atoms with E-state index in [0.29, 0.717) is 44.0 Å². The number of hydrogen-bond acceptors (Lipinski definition) is 6. The maximum absolute atomic E-state index is 12.6. The highest BCUT2D eigenvalue weighted by Gasteiger charge is 2.21. The van der Waals surface area contributed by atoms with E-state index in [1.807, 2.05) is 37.3 Å². The Morgan fingerprint density at radius 1 is 1.12 bits per heavy atom. The van der Waals surface area contributed by atoms with Gasteiger partial charge in [0.15, 0.2) is 11.5 Å². The number of carbonyl (C=O) groups excluding carboxylic acids is 2. The molecule has 2 aromatic rings. The van der Waals surface area contributed by atoms with Crippen LogP contribution in [0.15, 0.2) is 48.0 Å². The Morgan fingerprint density at radius 2 is 1.84 bits per heavy atom. The van der Waals surface area contributed by atoms with Crippen molar-refractivity contribution in [3.8, 4) is 17.6 Å². The van der Waals surface area contributed by atoms with Gasteiger partial charge in [0.25, 0.3) is 5.91 Å². The fourth-order valence-electron chi connectivity index (χ4n) is 3.28. The van der Waals surface area contributed by atoms with Crippen LogP contribution in [-0.2, 0) is 20.7 Å². The first-order chi connectivity index (χ1) is 15.5. The second kappa shape index (κ2) is 11.1.